The molecule has 0 saturated heterocycles. The highest BCUT2D eigenvalue weighted by molar-refractivity contribution is 6.30. The molecule has 0 unspecified atom stereocenters. The number of benzene rings is 1. The summed E-state index contributed by atoms with van der Waals surface area (Å²) in [6.07, 6.45) is 1.36. The molecule has 1 aliphatic rings. The van der Waals surface area contributed by atoms with Gasteiger partial charge in [0, 0.05) is 6.20 Å². The topological polar surface area (TPSA) is 106 Å². The van der Waals surface area contributed by atoms with Gasteiger partial charge in [0.05, 0.1) is 16.1 Å². The van der Waals surface area contributed by atoms with Crippen molar-refractivity contribution in [3.63, 3.8) is 0 Å². The van der Waals surface area contributed by atoms with Crippen LogP contribution in [-0.2, 0) is 14.3 Å². The molecule has 8 nitrogen and oxygen atoms in total. The molecule has 0 saturated carbocycles. The van der Waals surface area contributed by atoms with Crippen molar-refractivity contribution in [1.29, 1.82) is 0 Å². The van der Waals surface area contributed by atoms with Crippen LogP contribution in [0.1, 0.15) is 34.6 Å². The number of halogens is 1. The molecular formula is C20H18ClN3O5. The van der Waals surface area contributed by atoms with Crippen molar-refractivity contribution in [3.8, 4) is 0 Å². The molecule has 0 bridgehead atoms. The number of amides is 3. The maximum Gasteiger partial charge on any atom is 0.330 e. The zero-order chi connectivity index (χ0) is 21.1. The maximum absolute atomic E-state index is 12.7. The molecule has 1 N–H and O–H groups in total. The van der Waals surface area contributed by atoms with Gasteiger partial charge >= 0.3 is 5.97 Å². The average Bonchev–Trinajstić information content (AvgIpc) is 2.94. The fourth-order valence-corrected chi connectivity index (χ4v) is 3.10. The van der Waals surface area contributed by atoms with Crippen molar-refractivity contribution in [2.45, 2.75) is 19.9 Å². The predicted molar refractivity (Wildman–Crippen MR) is 104 cm³/mol. The molecule has 1 aliphatic heterocycles. The number of rotatable bonds is 6. The number of anilines is 1. The Labute approximate surface area is 171 Å². The minimum atomic E-state index is -1.15. The van der Waals surface area contributed by atoms with Crippen LogP contribution in [0.4, 0.5) is 5.82 Å². The van der Waals surface area contributed by atoms with Crippen LogP contribution in [0, 0.1) is 5.92 Å². The van der Waals surface area contributed by atoms with E-state index in [9.17, 15) is 19.2 Å². The Morgan fingerprint density at radius 2 is 1.72 bits per heavy atom. The van der Waals surface area contributed by atoms with Crippen LogP contribution < -0.4 is 5.32 Å². The quantitative estimate of drug-likeness (QED) is 0.574. The first kappa shape index (κ1) is 20.5. The number of aromatic nitrogens is 1. The number of hydrogen-bond acceptors (Lipinski definition) is 6. The normalized spacial score (nSPS) is 14.0. The number of nitrogens with one attached hydrogen (secondary N) is 1. The zero-order valence-corrected chi connectivity index (χ0v) is 16.5. The molecule has 0 radical (unpaired) electrons. The summed E-state index contributed by atoms with van der Waals surface area (Å²) in [5.74, 6) is -2.74. The molecule has 0 aliphatic carbocycles. The van der Waals surface area contributed by atoms with E-state index >= 15 is 0 Å². The molecule has 150 valence electrons. The van der Waals surface area contributed by atoms with E-state index in [-0.39, 0.29) is 16.9 Å². The third-order valence-electron chi connectivity index (χ3n) is 4.32. The van der Waals surface area contributed by atoms with E-state index in [0.29, 0.717) is 5.02 Å². The van der Waals surface area contributed by atoms with Gasteiger partial charge < -0.3 is 10.1 Å². The number of hydrogen-bond donors (Lipinski definition) is 1. The molecule has 1 aromatic carbocycles. The summed E-state index contributed by atoms with van der Waals surface area (Å²) in [5.41, 5.74) is 0.477. The molecule has 9 heteroatoms. The molecule has 3 rings (SSSR count). The van der Waals surface area contributed by atoms with E-state index in [1.54, 1.807) is 32.0 Å². The van der Waals surface area contributed by atoms with Crippen molar-refractivity contribution in [1.82, 2.24) is 9.88 Å². The third kappa shape index (κ3) is 4.27. The highest BCUT2D eigenvalue weighted by Gasteiger charge is 2.44. The molecule has 29 heavy (non-hydrogen) atoms. The number of carbonyl (C=O) groups is 4. The minimum absolute atomic E-state index is 0.238. The summed E-state index contributed by atoms with van der Waals surface area (Å²) in [6, 6.07) is 8.25. The number of imide groups is 1. The van der Waals surface area contributed by atoms with Gasteiger partial charge in [-0.15, -0.1) is 0 Å². The fraction of sp³-hybridized carbons (Fsp3) is 0.250. The van der Waals surface area contributed by atoms with Gasteiger partial charge in [-0.2, -0.15) is 0 Å². The Bertz CT molecular complexity index is 939. The molecule has 2 aromatic rings. The molecule has 0 spiro atoms. The van der Waals surface area contributed by atoms with Gasteiger partial charge in [0.2, 0.25) is 0 Å². The first-order chi connectivity index (χ1) is 13.8. The Morgan fingerprint density at radius 1 is 1.10 bits per heavy atom. The molecule has 0 fully saturated rings. The second-order valence-electron chi connectivity index (χ2n) is 6.73. The van der Waals surface area contributed by atoms with Crippen molar-refractivity contribution >= 4 is 41.1 Å². The van der Waals surface area contributed by atoms with Crippen LogP contribution in [0.25, 0.3) is 0 Å². The van der Waals surface area contributed by atoms with E-state index in [1.807, 2.05) is 0 Å². The van der Waals surface area contributed by atoms with Gasteiger partial charge in [0.1, 0.15) is 11.9 Å². The van der Waals surface area contributed by atoms with E-state index in [2.05, 4.69) is 10.3 Å². The van der Waals surface area contributed by atoms with Crippen LogP contribution in [0.15, 0.2) is 42.6 Å². The predicted octanol–water partition coefficient (Wildman–Crippen LogP) is 2.54. The zero-order valence-electron chi connectivity index (χ0n) is 15.7. The van der Waals surface area contributed by atoms with Gasteiger partial charge in [-0.1, -0.05) is 37.6 Å². The maximum atomic E-state index is 12.7. The van der Waals surface area contributed by atoms with Gasteiger partial charge in [-0.25, -0.2) is 9.78 Å². The third-order valence-corrected chi connectivity index (χ3v) is 4.54. The van der Waals surface area contributed by atoms with Gasteiger partial charge in [-0.05, 0) is 30.2 Å². The second-order valence-corrected chi connectivity index (χ2v) is 7.17. The van der Waals surface area contributed by atoms with Crippen LogP contribution in [0.3, 0.4) is 0 Å². The van der Waals surface area contributed by atoms with E-state index < -0.39 is 42.3 Å². The van der Waals surface area contributed by atoms with Gasteiger partial charge in [0.25, 0.3) is 17.7 Å². The molecule has 3 amide bonds. The van der Waals surface area contributed by atoms with E-state index in [1.165, 1.54) is 24.4 Å². The molecular weight excluding hydrogens is 398 g/mol. The fourth-order valence-electron chi connectivity index (χ4n) is 2.99. The van der Waals surface area contributed by atoms with Crippen molar-refractivity contribution in [3.05, 3.63) is 58.7 Å². The number of nitrogens with zero attached hydrogens (tertiary/aromatic N) is 2. The van der Waals surface area contributed by atoms with Crippen molar-refractivity contribution in [2.75, 3.05) is 11.9 Å². The van der Waals surface area contributed by atoms with Crippen molar-refractivity contribution in [2.24, 2.45) is 5.92 Å². The van der Waals surface area contributed by atoms with Crippen LogP contribution in [0.5, 0.6) is 0 Å². The number of esters is 1. The standard InChI is InChI=1S/C20H18ClN3O5/c1-11(2)17(24-18(26)13-5-3-4-6-14(13)19(24)27)20(28)29-10-16(25)23-15-8-7-12(21)9-22-15/h3-9,11,17H,10H2,1-2H3,(H,22,23,25)/t17-/m1/s1. The van der Waals surface area contributed by atoms with Crippen LogP contribution >= 0.6 is 11.6 Å². The second kappa shape index (κ2) is 8.40. The summed E-state index contributed by atoms with van der Waals surface area (Å²) < 4.78 is 5.08. The lowest BCUT2D eigenvalue weighted by Crippen LogP contribution is -2.49. The van der Waals surface area contributed by atoms with Crippen molar-refractivity contribution < 1.29 is 23.9 Å². The number of pyridine rings is 1. The Balaban J connectivity index is 1.67. The van der Waals surface area contributed by atoms with Gasteiger partial charge in [0.15, 0.2) is 6.61 Å². The van der Waals surface area contributed by atoms with Crippen LogP contribution in [-0.4, -0.2) is 46.2 Å². The first-order valence-corrected chi connectivity index (χ1v) is 9.22. The van der Waals surface area contributed by atoms with E-state index in [0.717, 1.165) is 4.90 Å². The monoisotopic (exact) mass is 415 g/mol. The summed E-state index contributed by atoms with van der Waals surface area (Å²) in [6.45, 7) is 2.79. The van der Waals surface area contributed by atoms with Crippen LogP contribution in [0.2, 0.25) is 5.02 Å². The Kier molecular flexibility index (Phi) is 5.93. The smallest absolute Gasteiger partial charge is 0.330 e. The summed E-state index contributed by atoms with van der Waals surface area (Å²) in [5, 5.41) is 2.87. The highest BCUT2D eigenvalue weighted by Crippen LogP contribution is 2.27. The SMILES string of the molecule is CC(C)[C@H](C(=O)OCC(=O)Nc1ccc(Cl)cn1)N1C(=O)c2ccccc2C1=O. The van der Waals surface area contributed by atoms with E-state index in [4.69, 9.17) is 16.3 Å². The lowest BCUT2D eigenvalue weighted by atomic mass is 10.0. The van der Waals surface area contributed by atoms with Gasteiger partial charge in [-0.3, -0.25) is 19.3 Å². The first-order valence-electron chi connectivity index (χ1n) is 8.84. The Hall–Kier alpha value is -3.26. The minimum Gasteiger partial charge on any atom is -0.454 e. The lowest BCUT2D eigenvalue weighted by molar-refractivity contribution is -0.152. The summed E-state index contributed by atoms with van der Waals surface area (Å²) in [7, 11) is 0. The number of ether oxygens (including phenoxy) is 1. The Morgan fingerprint density at radius 3 is 2.24 bits per heavy atom. The summed E-state index contributed by atoms with van der Waals surface area (Å²) >= 11 is 5.73. The number of carbonyl (C=O) groups excluding carboxylic acids is 4. The summed E-state index contributed by atoms with van der Waals surface area (Å²) in [4.78, 5) is 54.8. The number of fused-ring (bicyclic) bond motifs is 1. The highest BCUT2D eigenvalue weighted by atomic mass is 35.5. The molecule has 1 aromatic heterocycles. The largest absolute Gasteiger partial charge is 0.454 e. The average molecular weight is 416 g/mol. The molecule has 2 heterocycles. The lowest BCUT2D eigenvalue weighted by Gasteiger charge is -2.27. The molecule has 1 atom stereocenters.